The van der Waals surface area contributed by atoms with Gasteiger partial charge in [0.05, 0.1) is 0 Å². The van der Waals surface area contributed by atoms with Gasteiger partial charge in [0.15, 0.2) is 11.5 Å². The summed E-state index contributed by atoms with van der Waals surface area (Å²) < 4.78 is 46.0. The van der Waals surface area contributed by atoms with E-state index >= 15 is 0 Å². The molecule has 180 valence electrons. The van der Waals surface area contributed by atoms with Crippen molar-refractivity contribution in [2.75, 3.05) is 18.9 Å². The van der Waals surface area contributed by atoms with Crippen LogP contribution >= 0.6 is 0 Å². The minimum Gasteiger partial charge on any atom is -0.441 e. The minimum absolute atomic E-state index is 0.106. The molecule has 0 saturated carbocycles. The molecule has 3 aromatic rings. The Morgan fingerprint density at radius 2 is 1.91 bits per heavy atom. The predicted octanol–water partition coefficient (Wildman–Crippen LogP) is 3.15. The number of aryl methyl sites for hydroxylation is 1. The van der Waals surface area contributed by atoms with Crippen LogP contribution in [0.3, 0.4) is 0 Å². The number of anilines is 1. The van der Waals surface area contributed by atoms with Crippen LogP contribution in [-0.2, 0) is 15.6 Å². The molecule has 1 aliphatic heterocycles. The summed E-state index contributed by atoms with van der Waals surface area (Å²) in [6, 6.07) is 8.94. The Labute approximate surface area is 196 Å². The number of nitrogens with two attached hydrogens (primary N) is 1. The van der Waals surface area contributed by atoms with Crippen LogP contribution in [0.15, 0.2) is 45.8 Å². The molecule has 0 fully saturated rings. The van der Waals surface area contributed by atoms with Crippen LogP contribution in [-0.4, -0.2) is 47.8 Å². The van der Waals surface area contributed by atoms with Crippen LogP contribution in [0.1, 0.15) is 42.6 Å². The smallest absolute Gasteiger partial charge is 0.255 e. The van der Waals surface area contributed by atoms with Gasteiger partial charge in [-0.15, -0.1) is 0 Å². The molecule has 1 atom stereocenters. The van der Waals surface area contributed by atoms with Crippen molar-refractivity contribution in [3.05, 3.63) is 59.2 Å². The van der Waals surface area contributed by atoms with Crippen molar-refractivity contribution >= 4 is 38.6 Å². The maximum atomic E-state index is 15.0. The lowest BCUT2D eigenvalue weighted by Crippen LogP contribution is -2.50. The molecule has 1 unspecified atom stereocenters. The number of aromatic nitrogens is 1. The number of likely N-dealkylation sites (N-methyl/N-ethyl adjacent to an activating group) is 1. The molecule has 1 aliphatic rings. The first-order valence-corrected chi connectivity index (χ1v) is 12.0. The fraction of sp³-hybridized carbons (Fsp3) is 0.348. The zero-order valence-electron chi connectivity index (χ0n) is 19.5. The SMILES string of the molecule is Cc1nc2ccc(C(=O)Nc3ccc(F)c(C4(C)CN(C)S(=O)(=O)C(C)(C)C(N)=N4)c3)cc2o1. The molecule has 2 aromatic carbocycles. The van der Waals surface area contributed by atoms with Crippen LogP contribution in [0.5, 0.6) is 0 Å². The third kappa shape index (κ3) is 3.84. The highest BCUT2D eigenvalue weighted by Crippen LogP contribution is 2.36. The second kappa shape index (κ2) is 7.88. The summed E-state index contributed by atoms with van der Waals surface area (Å²) in [7, 11) is -2.42. The number of oxazole rings is 1. The highest BCUT2D eigenvalue weighted by atomic mass is 32.2. The molecule has 4 rings (SSSR count). The van der Waals surface area contributed by atoms with Gasteiger partial charge in [-0.2, -0.15) is 0 Å². The number of halogens is 1. The van der Waals surface area contributed by atoms with Crippen molar-refractivity contribution in [3.8, 4) is 0 Å². The van der Waals surface area contributed by atoms with E-state index < -0.39 is 32.0 Å². The molecule has 0 bridgehead atoms. The minimum atomic E-state index is -3.83. The van der Waals surface area contributed by atoms with Crippen LogP contribution in [0.25, 0.3) is 11.1 Å². The fourth-order valence-electron chi connectivity index (χ4n) is 4.02. The predicted molar refractivity (Wildman–Crippen MR) is 128 cm³/mol. The van der Waals surface area contributed by atoms with E-state index in [4.69, 9.17) is 10.2 Å². The number of fused-ring (bicyclic) bond motifs is 1. The number of aliphatic imine (C=N–C) groups is 1. The number of nitrogens with one attached hydrogen (secondary N) is 1. The van der Waals surface area contributed by atoms with E-state index in [-0.39, 0.29) is 17.9 Å². The quantitative estimate of drug-likeness (QED) is 0.584. The molecule has 0 spiro atoms. The summed E-state index contributed by atoms with van der Waals surface area (Å²) in [5, 5.41) is 2.74. The van der Waals surface area contributed by atoms with E-state index in [0.29, 0.717) is 28.2 Å². The van der Waals surface area contributed by atoms with Crippen LogP contribution in [0.4, 0.5) is 10.1 Å². The summed E-state index contributed by atoms with van der Waals surface area (Å²) in [4.78, 5) is 21.5. The van der Waals surface area contributed by atoms with E-state index in [9.17, 15) is 17.6 Å². The molecule has 9 nitrogen and oxygen atoms in total. The Hall–Kier alpha value is -3.31. The Kier molecular flexibility index (Phi) is 5.52. The van der Waals surface area contributed by atoms with Gasteiger partial charge in [0.1, 0.15) is 27.5 Å². The molecule has 0 aliphatic carbocycles. The number of amides is 1. The van der Waals surface area contributed by atoms with E-state index in [1.54, 1.807) is 32.0 Å². The van der Waals surface area contributed by atoms with Gasteiger partial charge in [0, 0.05) is 37.3 Å². The number of hydrogen-bond acceptors (Lipinski definition) is 7. The molecule has 11 heteroatoms. The van der Waals surface area contributed by atoms with Gasteiger partial charge in [-0.05, 0) is 57.2 Å². The van der Waals surface area contributed by atoms with Gasteiger partial charge in [-0.1, -0.05) is 0 Å². The Bertz CT molecular complexity index is 1450. The Balaban J connectivity index is 1.70. The maximum absolute atomic E-state index is 15.0. The number of carbonyl (C=O) groups excluding carboxylic acids is 1. The number of hydrogen-bond donors (Lipinski definition) is 2. The third-order valence-corrected chi connectivity index (χ3v) is 8.58. The Morgan fingerprint density at radius 3 is 2.62 bits per heavy atom. The van der Waals surface area contributed by atoms with Crippen molar-refractivity contribution in [1.29, 1.82) is 0 Å². The van der Waals surface area contributed by atoms with Gasteiger partial charge < -0.3 is 15.5 Å². The van der Waals surface area contributed by atoms with Gasteiger partial charge in [-0.3, -0.25) is 9.79 Å². The van der Waals surface area contributed by atoms with Crippen LogP contribution in [0, 0.1) is 12.7 Å². The number of sulfonamides is 1. The zero-order valence-corrected chi connectivity index (χ0v) is 20.3. The topological polar surface area (TPSA) is 131 Å². The average Bonchev–Trinajstić information content (AvgIpc) is 3.11. The molecule has 0 saturated heterocycles. The lowest BCUT2D eigenvalue weighted by Gasteiger charge is -2.29. The monoisotopic (exact) mass is 487 g/mol. The molecule has 2 heterocycles. The summed E-state index contributed by atoms with van der Waals surface area (Å²) in [5.74, 6) is -0.657. The lowest BCUT2D eigenvalue weighted by molar-refractivity contribution is 0.102. The fourth-order valence-corrected chi connectivity index (χ4v) is 5.53. The second-order valence-electron chi connectivity index (χ2n) is 9.11. The van der Waals surface area contributed by atoms with Crippen molar-refractivity contribution in [1.82, 2.24) is 9.29 Å². The highest BCUT2D eigenvalue weighted by Gasteiger charge is 2.48. The molecular formula is C23H26FN5O4S. The summed E-state index contributed by atoms with van der Waals surface area (Å²) in [6.45, 7) is 6.12. The second-order valence-corrected chi connectivity index (χ2v) is 11.7. The number of amidine groups is 1. The summed E-state index contributed by atoms with van der Waals surface area (Å²) in [5.41, 5.74) is 6.65. The van der Waals surface area contributed by atoms with E-state index in [1.807, 2.05) is 0 Å². The van der Waals surface area contributed by atoms with Gasteiger partial charge >= 0.3 is 0 Å². The molecular weight excluding hydrogens is 461 g/mol. The van der Waals surface area contributed by atoms with E-state index in [1.165, 1.54) is 39.1 Å². The highest BCUT2D eigenvalue weighted by molar-refractivity contribution is 7.91. The van der Waals surface area contributed by atoms with Gasteiger partial charge in [-0.25, -0.2) is 22.1 Å². The van der Waals surface area contributed by atoms with Crippen molar-refractivity contribution in [2.45, 2.75) is 38.0 Å². The summed E-state index contributed by atoms with van der Waals surface area (Å²) >= 11 is 0. The number of carbonyl (C=O) groups is 1. The number of nitrogens with zero attached hydrogens (tertiary/aromatic N) is 3. The molecule has 1 amide bonds. The maximum Gasteiger partial charge on any atom is 0.255 e. The van der Waals surface area contributed by atoms with Crippen molar-refractivity contribution in [3.63, 3.8) is 0 Å². The van der Waals surface area contributed by atoms with Crippen LogP contribution in [0.2, 0.25) is 0 Å². The van der Waals surface area contributed by atoms with Crippen LogP contribution < -0.4 is 11.1 Å². The van der Waals surface area contributed by atoms with Crippen molar-refractivity contribution < 1.29 is 22.0 Å². The first-order valence-electron chi connectivity index (χ1n) is 10.5. The standard InChI is InChI=1S/C23H26FN5O4S/c1-13-26-18-9-6-14(10-19(18)33-13)20(30)27-15-7-8-17(24)16(11-15)23(4)12-29(5)34(31,32)22(2,3)21(25)28-23/h6-11H,12H2,1-5H3,(H2,25,28)(H,27,30). The van der Waals surface area contributed by atoms with E-state index in [2.05, 4.69) is 15.3 Å². The Morgan fingerprint density at radius 1 is 1.21 bits per heavy atom. The first-order chi connectivity index (χ1) is 15.7. The largest absolute Gasteiger partial charge is 0.441 e. The summed E-state index contributed by atoms with van der Waals surface area (Å²) in [6.07, 6.45) is 0. The normalized spacial score (nSPS) is 22.2. The number of benzene rings is 2. The molecule has 1 aromatic heterocycles. The first kappa shape index (κ1) is 23.8. The van der Waals surface area contributed by atoms with Gasteiger partial charge in [0.2, 0.25) is 10.0 Å². The van der Waals surface area contributed by atoms with E-state index in [0.717, 1.165) is 4.31 Å². The zero-order chi connectivity index (χ0) is 25.1. The van der Waals surface area contributed by atoms with Gasteiger partial charge in [0.25, 0.3) is 5.91 Å². The number of rotatable bonds is 3. The molecule has 34 heavy (non-hydrogen) atoms. The third-order valence-electron chi connectivity index (χ3n) is 6.13. The molecule has 0 radical (unpaired) electrons. The molecule has 3 N–H and O–H groups in total. The van der Waals surface area contributed by atoms with Crippen molar-refractivity contribution in [2.24, 2.45) is 10.7 Å². The lowest BCUT2D eigenvalue weighted by atomic mass is 9.91. The average molecular weight is 488 g/mol.